The lowest BCUT2D eigenvalue weighted by Gasteiger charge is -2.28. The van der Waals surface area contributed by atoms with Crippen LogP contribution in [0.1, 0.15) is 219 Å². The molecular formula is C42H76O4. The summed E-state index contributed by atoms with van der Waals surface area (Å²) in [6.07, 6.45) is 46.5. The molecule has 268 valence electrons. The molecule has 1 saturated carbocycles. The summed E-state index contributed by atoms with van der Waals surface area (Å²) in [6.45, 7) is 4.54. The molecule has 1 aliphatic carbocycles. The van der Waals surface area contributed by atoms with Crippen LogP contribution in [0.4, 0.5) is 0 Å². The Morgan fingerprint density at radius 1 is 0.413 bits per heavy atom. The zero-order valence-electron chi connectivity index (χ0n) is 30.7. The van der Waals surface area contributed by atoms with Crippen LogP contribution >= 0.6 is 0 Å². The molecule has 0 aromatic heterocycles. The van der Waals surface area contributed by atoms with E-state index in [0.717, 1.165) is 51.4 Å². The summed E-state index contributed by atoms with van der Waals surface area (Å²) in [4.78, 5) is 24.6. The predicted molar refractivity (Wildman–Crippen MR) is 197 cm³/mol. The third kappa shape index (κ3) is 28.6. The van der Waals surface area contributed by atoms with Crippen molar-refractivity contribution in [1.82, 2.24) is 0 Å². The standard InChI is InChI=1S/C42H76O4/c1-3-5-7-9-11-13-15-17-19-21-23-25-27-29-31-33-41(43)45-39-35-37-40(38-36-39)46-42(44)34-32-30-28-26-24-22-20-18-16-14-12-10-8-6-4-2/h17-20,39-40H,3-16,21-38H2,1-2H3/b19-17-,20-18-. The minimum absolute atomic E-state index is 0.00373. The van der Waals surface area contributed by atoms with Gasteiger partial charge in [0.25, 0.3) is 0 Å². The van der Waals surface area contributed by atoms with Gasteiger partial charge in [0.2, 0.25) is 0 Å². The largest absolute Gasteiger partial charge is 0.462 e. The zero-order chi connectivity index (χ0) is 33.2. The summed E-state index contributed by atoms with van der Waals surface area (Å²) >= 11 is 0. The molecule has 0 N–H and O–H groups in total. The fourth-order valence-electron chi connectivity index (χ4n) is 6.44. The number of unbranched alkanes of at least 4 members (excludes halogenated alkanes) is 22. The van der Waals surface area contributed by atoms with E-state index in [4.69, 9.17) is 9.47 Å². The molecule has 0 amide bonds. The number of rotatable bonds is 32. The van der Waals surface area contributed by atoms with Crippen LogP contribution in [-0.4, -0.2) is 24.1 Å². The van der Waals surface area contributed by atoms with E-state index in [1.807, 2.05) is 0 Å². The highest BCUT2D eigenvalue weighted by atomic mass is 16.6. The van der Waals surface area contributed by atoms with Crippen molar-refractivity contribution in [3.05, 3.63) is 24.3 Å². The lowest BCUT2D eigenvalue weighted by Crippen LogP contribution is -2.29. The van der Waals surface area contributed by atoms with Gasteiger partial charge < -0.3 is 9.47 Å². The maximum absolute atomic E-state index is 12.3. The van der Waals surface area contributed by atoms with E-state index in [1.165, 1.54) is 141 Å². The minimum atomic E-state index is -0.0535. The van der Waals surface area contributed by atoms with Crippen molar-refractivity contribution in [1.29, 1.82) is 0 Å². The first-order valence-corrected chi connectivity index (χ1v) is 20.3. The van der Waals surface area contributed by atoms with E-state index in [0.29, 0.717) is 12.8 Å². The van der Waals surface area contributed by atoms with Gasteiger partial charge in [-0.05, 0) is 89.9 Å². The Bertz CT molecular complexity index is 672. The van der Waals surface area contributed by atoms with E-state index >= 15 is 0 Å². The third-order valence-electron chi connectivity index (χ3n) is 9.50. The number of carbonyl (C=O) groups is 2. The normalized spacial score (nSPS) is 16.8. The van der Waals surface area contributed by atoms with Gasteiger partial charge in [-0.15, -0.1) is 0 Å². The minimum Gasteiger partial charge on any atom is -0.462 e. The van der Waals surface area contributed by atoms with Gasteiger partial charge in [0, 0.05) is 12.8 Å². The lowest BCUT2D eigenvalue weighted by molar-refractivity contribution is -0.158. The molecule has 0 bridgehead atoms. The summed E-state index contributed by atoms with van der Waals surface area (Å²) < 4.78 is 11.5. The molecule has 0 atom stereocenters. The molecule has 46 heavy (non-hydrogen) atoms. The molecule has 0 spiro atoms. The maximum atomic E-state index is 12.3. The third-order valence-corrected chi connectivity index (χ3v) is 9.50. The van der Waals surface area contributed by atoms with E-state index in [9.17, 15) is 9.59 Å². The average molecular weight is 645 g/mol. The van der Waals surface area contributed by atoms with Crippen LogP contribution in [0.2, 0.25) is 0 Å². The molecular weight excluding hydrogens is 568 g/mol. The van der Waals surface area contributed by atoms with Crippen LogP contribution in [0.15, 0.2) is 24.3 Å². The van der Waals surface area contributed by atoms with Crippen LogP contribution in [0.3, 0.4) is 0 Å². The van der Waals surface area contributed by atoms with Gasteiger partial charge >= 0.3 is 11.9 Å². The van der Waals surface area contributed by atoms with Gasteiger partial charge in [0.1, 0.15) is 12.2 Å². The Kier molecular flexibility index (Phi) is 30.7. The van der Waals surface area contributed by atoms with Crippen LogP contribution in [-0.2, 0) is 19.1 Å². The van der Waals surface area contributed by atoms with E-state index in [-0.39, 0.29) is 24.1 Å². The molecule has 0 heterocycles. The Hall–Kier alpha value is -1.58. The van der Waals surface area contributed by atoms with Crippen LogP contribution in [0.5, 0.6) is 0 Å². The van der Waals surface area contributed by atoms with Crippen molar-refractivity contribution >= 4 is 11.9 Å². The van der Waals surface area contributed by atoms with Crippen molar-refractivity contribution in [2.75, 3.05) is 0 Å². The van der Waals surface area contributed by atoms with Crippen molar-refractivity contribution in [2.24, 2.45) is 0 Å². The predicted octanol–water partition coefficient (Wildman–Crippen LogP) is 13.5. The average Bonchev–Trinajstić information content (AvgIpc) is 3.05. The molecule has 0 aromatic carbocycles. The van der Waals surface area contributed by atoms with E-state index < -0.39 is 0 Å². The fraction of sp³-hybridized carbons (Fsp3) is 0.857. The highest BCUT2D eigenvalue weighted by Gasteiger charge is 2.26. The molecule has 1 fully saturated rings. The molecule has 0 radical (unpaired) electrons. The van der Waals surface area contributed by atoms with Gasteiger partial charge in [-0.3, -0.25) is 9.59 Å². The second-order valence-corrected chi connectivity index (χ2v) is 14.0. The molecule has 0 aromatic rings. The van der Waals surface area contributed by atoms with Gasteiger partial charge in [-0.2, -0.15) is 0 Å². The van der Waals surface area contributed by atoms with E-state index in [2.05, 4.69) is 38.2 Å². The number of hydrogen-bond acceptors (Lipinski definition) is 4. The zero-order valence-corrected chi connectivity index (χ0v) is 30.7. The first kappa shape index (κ1) is 42.4. The summed E-state index contributed by atoms with van der Waals surface area (Å²) in [5.74, 6) is -0.107. The summed E-state index contributed by atoms with van der Waals surface area (Å²) in [5.41, 5.74) is 0. The van der Waals surface area contributed by atoms with E-state index in [1.54, 1.807) is 0 Å². The monoisotopic (exact) mass is 645 g/mol. The second-order valence-electron chi connectivity index (χ2n) is 14.0. The molecule has 0 saturated heterocycles. The summed E-state index contributed by atoms with van der Waals surface area (Å²) in [6, 6.07) is 0. The Morgan fingerprint density at radius 2 is 0.674 bits per heavy atom. The highest BCUT2D eigenvalue weighted by molar-refractivity contribution is 5.70. The number of carbonyl (C=O) groups excluding carboxylic acids is 2. The van der Waals surface area contributed by atoms with Crippen LogP contribution in [0.25, 0.3) is 0 Å². The molecule has 1 rings (SSSR count). The van der Waals surface area contributed by atoms with Gasteiger partial charge in [0.15, 0.2) is 0 Å². The number of allylic oxidation sites excluding steroid dienone is 4. The Morgan fingerprint density at radius 3 is 0.978 bits per heavy atom. The van der Waals surface area contributed by atoms with Gasteiger partial charge in [0.05, 0.1) is 0 Å². The Labute approximate surface area is 286 Å². The summed E-state index contributed by atoms with van der Waals surface area (Å²) in [5, 5.41) is 0. The van der Waals surface area contributed by atoms with Crippen molar-refractivity contribution in [3.63, 3.8) is 0 Å². The quantitative estimate of drug-likeness (QED) is 0.0415. The van der Waals surface area contributed by atoms with Crippen LogP contribution < -0.4 is 0 Å². The fourth-order valence-corrected chi connectivity index (χ4v) is 6.44. The van der Waals surface area contributed by atoms with Crippen molar-refractivity contribution < 1.29 is 19.1 Å². The highest BCUT2D eigenvalue weighted by Crippen LogP contribution is 2.25. The molecule has 4 nitrogen and oxygen atoms in total. The smallest absolute Gasteiger partial charge is 0.306 e. The van der Waals surface area contributed by atoms with Gasteiger partial charge in [-0.1, -0.05) is 141 Å². The van der Waals surface area contributed by atoms with Crippen LogP contribution in [0, 0.1) is 0 Å². The number of hydrogen-bond donors (Lipinski definition) is 0. The first-order valence-electron chi connectivity index (χ1n) is 20.3. The lowest BCUT2D eigenvalue weighted by atomic mass is 9.95. The number of ether oxygens (including phenoxy) is 2. The molecule has 0 unspecified atom stereocenters. The molecule has 4 heteroatoms. The Balaban J connectivity index is 1.88. The second kappa shape index (κ2) is 33.3. The number of esters is 2. The summed E-state index contributed by atoms with van der Waals surface area (Å²) in [7, 11) is 0. The SMILES string of the molecule is CCCCCCCC/C=C\CCCCCCCC(=O)OC1CCC(OC(=O)CCCCCCC/C=C\CCCCCCCC)CC1. The molecule has 0 aliphatic heterocycles. The first-order chi connectivity index (χ1) is 22.7. The van der Waals surface area contributed by atoms with Gasteiger partial charge in [-0.25, -0.2) is 0 Å². The maximum Gasteiger partial charge on any atom is 0.306 e. The van der Waals surface area contributed by atoms with Crippen molar-refractivity contribution in [2.45, 2.75) is 232 Å². The van der Waals surface area contributed by atoms with Crippen molar-refractivity contribution in [3.8, 4) is 0 Å². The topological polar surface area (TPSA) is 52.6 Å². The molecule has 1 aliphatic rings.